The summed E-state index contributed by atoms with van der Waals surface area (Å²) in [7, 11) is 0. The fourth-order valence-electron chi connectivity index (χ4n) is 3.70. The Bertz CT molecular complexity index is 742. The molecule has 2 aromatic carbocycles. The van der Waals surface area contributed by atoms with E-state index in [0.29, 0.717) is 6.42 Å². The van der Waals surface area contributed by atoms with E-state index in [1.54, 1.807) is 0 Å². The van der Waals surface area contributed by atoms with E-state index in [2.05, 4.69) is 41.4 Å². The van der Waals surface area contributed by atoms with Gasteiger partial charge in [0.05, 0.1) is 6.04 Å². The van der Waals surface area contributed by atoms with Crippen molar-refractivity contribution < 1.29 is 4.79 Å². The number of hydrogen-bond acceptors (Lipinski definition) is 2. The molecule has 2 aromatic rings. The lowest BCUT2D eigenvalue weighted by Gasteiger charge is -2.33. The van der Waals surface area contributed by atoms with Crippen LogP contribution < -0.4 is 10.2 Å². The highest BCUT2D eigenvalue weighted by atomic mass is 35.5. The molecule has 1 saturated heterocycles. The van der Waals surface area contributed by atoms with Gasteiger partial charge in [0.2, 0.25) is 5.91 Å². The molecule has 144 valence electrons. The second-order valence-corrected chi connectivity index (χ2v) is 8.14. The number of anilines is 1. The number of nitrogens with zero attached hydrogens (tertiary/aromatic N) is 1. The quantitative estimate of drug-likeness (QED) is 0.724. The molecule has 0 unspecified atom stereocenters. The molecule has 4 heteroatoms. The monoisotopic (exact) mass is 384 g/mol. The third-order valence-electron chi connectivity index (χ3n) is 5.35. The van der Waals surface area contributed by atoms with Crippen molar-refractivity contribution in [1.29, 1.82) is 0 Å². The van der Waals surface area contributed by atoms with E-state index in [0.717, 1.165) is 41.6 Å². The number of piperidine rings is 1. The summed E-state index contributed by atoms with van der Waals surface area (Å²) in [6, 6.07) is 16.3. The van der Waals surface area contributed by atoms with Crippen molar-refractivity contribution in [3.63, 3.8) is 0 Å². The van der Waals surface area contributed by atoms with Crippen LogP contribution in [0.3, 0.4) is 0 Å². The number of aryl methyl sites for hydroxylation is 1. The van der Waals surface area contributed by atoms with Gasteiger partial charge in [0.25, 0.3) is 0 Å². The largest absolute Gasteiger partial charge is 0.371 e. The van der Waals surface area contributed by atoms with Crippen molar-refractivity contribution in [2.24, 2.45) is 5.92 Å². The molecule has 0 bridgehead atoms. The van der Waals surface area contributed by atoms with Crippen LogP contribution in [0.1, 0.15) is 50.3 Å². The summed E-state index contributed by atoms with van der Waals surface area (Å²) in [5.74, 6) is 0.837. The summed E-state index contributed by atoms with van der Waals surface area (Å²) in [6.07, 6.45) is 3.80. The zero-order valence-electron chi connectivity index (χ0n) is 16.2. The van der Waals surface area contributed by atoms with Gasteiger partial charge in [-0.05, 0) is 67.5 Å². The summed E-state index contributed by atoms with van der Waals surface area (Å²) in [4.78, 5) is 14.7. The minimum absolute atomic E-state index is 0.0112. The third kappa shape index (κ3) is 5.74. The van der Waals surface area contributed by atoms with Crippen molar-refractivity contribution in [3.05, 3.63) is 64.7 Å². The fourth-order valence-corrected chi connectivity index (χ4v) is 3.83. The average Bonchev–Trinajstić information content (AvgIpc) is 2.67. The summed E-state index contributed by atoms with van der Waals surface area (Å²) in [5, 5.41) is 3.83. The first-order valence-electron chi connectivity index (χ1n) is 9.90. The van der Waals surface area contributed by atoms with Gasteiger partial charge in [-0.15, -0.1) is 0 Å². The molecule has 0 saturated carbocycles. The molecule has 1 fully saturated rings. The molecule has 1 N–H and O–H groups in total. The molecule has 2 atom stereocenters. The van der Waals surface area contributed by atoms with E-state index >= 15 is 0 Å². The molecule has 0 aliphatic carbocycles. The normalized spacial score (nSPS) is 18.2. The van der Waals surface area contributed by atoms with Crippen LogP contribution in [0.25, 0.3) is 0 Å². The van der Waals surface area contributed by atoms with Gasteiger partial charge >= 0.3 is 0 Å². The Kier molecular flexibility index (Phi) is 6.78. The molecule has 27 heavy (non-hydrogen) atoms. The Hall–Kier alpha value is -2.00. The predicted octanol–water partition coefficient (Wildman–Crippen LogP) is 5.39. The van der Waals surface area contributed by atoms with Crippen LogP contribution in [0.4, 0.5) is 5.69 Å². The first-order valence-corrected chi connectivity index (χ1v) is 10.3. The molecule has 0 spiro atoms. The standard InChI is InChI=1S/C23H29ClN2O/c1-17-4-3-15-26(16-17)22-12-8-20(9-13-22)18(2)25-23(27)14-7-19-5-10-21(24)11-6-19/h5-6,8-13,17-18H,3-4,7,14-16H2,1-2H3,(H,25,27)/t17-,18+/m1/s1. The number of benzene rings is 2. The minimum Gasteiger partial charge on any atom is -0.371 e. The Morgan fingerprint density at radius 3 is 2.56 bits per heavy atom. The molecule has 0 radical (unpaired) electrons. The van der Waals surface area contributed by atoms with Gasteiger partial charge in [-0.3, -0.25) is 4.79 Å². The minimum atomic E-state index is 0.0112. The number of halogens is 1. The van der Waals surface area contributed by atoms with Crippen molar-refractivity contribution in [3.8, 4) is 0 Å². The first kappa shape index (κ1) is 19.8. The number of amides is 1. The number of carbonyl (C=O) groups is 1. The van der Waals surface area contributed by atoms with Gasteiger partial charge in [-0.2, -0.15) is 0 Å². The first-order chi connectivity index (χ1) is 13.0. The van der Waals surface area contributed by atoms with Gasteiger partial charge < -0.3 is 10.2 Å². The van der Waals surface area contributed by atoms with E-state index in [4.69, 9.17) is 11.6 Å². The van der Waals surface area contributed by atoms with Crippen LogP contribution in [-0.2, 0) is 11.2 Å². The topological polar surface area (TPSA) is 32.3 Å². The molecule has 0 aromatic heterocycles. The Morgan fingerprint density at radius 1 is 1.19 bits per heavy atom. The average molecular weight is 385 g/mol. The molecule has 3 rings (SSSR count). The number of rotatable bonds is 6. The summed E-state index contributed by atoms with van der Waals surface area (Å²) < 4.78 is 0. The highest BCUT2D eigenvalue weighted by Gasteiger charge is 2.17. The smallest absolute Gasteiger partial charge is 0.220 e. The van der Waals surface area contributed by atoms with E-state index < -0.39 is 0 Å². The maximum Gasteiger partial charge on any atom is 0.220 e. The van der Waals surface area contributed by atoms with Gasteiger partial charge in [0, 0.05) is 30.2 Å². The van der Waals surface area contributed by atoms with E-state index in [-0.39, 0.29) is 11.9 Å². The predicted molar refractivity (Wildman–Crippen MR) is 113 cm³/mol. The molecular weight excluding hydrogens is 356 g/mol. The highest BCUT2D eigenvalue weighted by molar-refractivity contribution is 6.30. The zero-order chi connectivity index (χ0) is 19.2. The van der Waals surface area contributed by atoms with Crippen molar-refractivity contribution in [2.75, 3.05) is 18.0 Å². The molecule has 3 nitrogen and oxygen atoms in total. The van der Waals surface area contributed by atoms with E-state index in [1.807, 2.05) is 31.2 Å². The van der Waals surface area contributed by atoms with E-state index in [9.17, 15) is 4.79 Å². The Labute approximate surface area is 167 Å². The van der Waals surface area contributed by atoms with Crippen LogP contribution in [0.5, 0.6) is 0 Å². The maximum atomic E-state index is 12.3. The molecule has 1 amide bonds. The fraction of sp³-hybridized carbons (Fsp3) is 0.435. The molecule has 1 aliphatic heterocycles. The number of carbonyl (C=O) groups excluding carboxylic acids is 1. The maximum absolute atomic E-state index is 12.3. The zero-order valence-corrected chi connectivity index (χ0v) is 17.0. The molecule has 1 aliphatic rings. The van der Waals surface area contributed by atoms with Crippen LogP contribution in [0.15, 0.2) is 48.5 Å². The Balaban J connectivity index is 1.50. The van der Waals surface area contributed by atoms with Crippen molar-refractivity contribution in [2.45, 2.75) is 45.6 Å². The number of hydrogen-bond donors (Lipinski definition) is 1. The lowest BCUT2D eigenvalue weighted by atomic mass is 9.99. The van der Waals surface area contributed by atoms with Crippen LogP contribution in [0, 0.1) is 5.92 Å². The molecule has 1 heterocycles. The summed E-state index contributed by atoms with van der Waals surface area (Å²) >= 11 is 5.90. The lowest BCUT2D eigenvalue weighted by molar-refractivity contribution is -0.121. The molecular formula is C23H29ClN2O. The van der Waals surface area contributed by atoms with Gasteiger partial charge in [0.1, 0.15) is 0 Å². The highest BCUT2D eigenvalue weighted by Crippen LogP contribution is 2.24. The summed E-state index contributed by atoms with van der Waals surface area (Å²) in [6.45, 7) is 6.64. The third-order valence-corrected chi connectivity index (χ3v) is 5.60. The van der Waals surface area contributed by atoms with Crippen LogP contribution in [0.2, 0.25) is 5.02 Å². The lowest BCUT2D eigenvalue weighted by Crippen LogP contribution is -2.34. The van der Waals surface area contributed by atoms with Crippen molar-refractivity contribution >= 4 is 23.2 Å². The Morgan fingerprint density at radius 2 is 1.89 bits per heavy atom. The van der Waals surface area contributed by atoms with E-state index in [1.165, 1.54) is 18.5 Å². The van der Waals surface area contributed by atoms with Gasteiger partial charge in [-0.25, -0.2) is 0 Å². The van der Waals surface area contributed by atoms with Crippen LogP contribution in [-0.4, -0.2) is 19.0 Å². The van der Waals surface area contributed by atoms with Gasteiger partial charge in [0.15, 0.2) is 0 Å². The SMILES string of the molecule is C[C@@H]1CCCN(c2ccc([C@H](C)NC(=O)CCc3ccc(Cl)cc3)cc2)C1. The second-order valence-electron chi connectivity index (χ2n) is 7.70. The second kappa shape index (κ2) is 9.27. The van der Waals surface area contributed by atoms with Crippen LogP contribution >= 0.6 is 11.6 Å². The summed E-state index contributed by atoms with van der Waals surface area (Å²) in [5.41, 5.74) is 3.55. The van der Waals surface area contributed by atoms with Gasteiger partial charge in [-0.1, -0.05) is 42.8 Å². The number of nitrogens with one attached hydrogen (secondary N) is 1. The van der Waals surface area contributed by atoms with Crippen molar-refractivity contribution in [1.82, 2.24) is 5.32 Å².